The van der Waals surface area contributed by atoms with E-state index in [1.54, 1.807) is 37.8 Å². The van der Waals surface area contributed by atoms with Crippen molar-refractivity contribution in [3.63, 3.8) is 0 Å². The van der Waals surface area contributed by atoms with E-state index in [1.165, 1.54) is 61.5 Å². The molecule has 12 rings (SSSR count). The number of ether oxygens (including phenoxy) is 2. The Bertz CT molecular complexity index is 3600. The van der Waals surface area contributed by atoms with Crippen molar-refractivity contribution in [3.8, 4) is 0 Å². The highest BCUT2D eigenvalue weighted by atomic mass is 16.6. The van der Waals surface area contributed by atoms with Crippen molar-refractivity contribution in [3.05, 3.63) is 168 Å². The minimum Gasteiger partial charge on any atom is -0.479 e. The molecule has 0 saturated carbocycles. The molecule has 0 spiro atoms. The second kappa shape index (κ2) is 26.7. The van der Waals surface area contributed by atoms with Crippen molar-refractivity contribution in [1.82, 2.24) is 39.0 Å². The van der Waals surface area contributed by atoms with Gasteiger partial charge in [-0.1, -0.05) is 121 Å². The van der Waals surface area contributed by atoms with Gasteiger partial charge in [0.2, 0.25) is 0 Å². The number of carboxylic acid groups (broad SMARTS) is 1. The maximum absolute atomic E-state index is 14.4. The van der Waals surface area contributed by atoms with Crippen LogP contribution in [-0.4, -0.2) is 151 Å². The number of para-hydroxylation sites is 4. The number of amides is 3. The van der Waals surface area contributed by atoms with Crippen LogP contribution in [0.3, 0.4) is 0 Å². The third-order valence-corrected chi connectivity index (χ3v) is 17.2. The maximum atomic E-state index is 14.4. The fraction of sp³-hybridized carbons (Fsp3) is 0.444. The second-order valence-electron chi connectivity index (χ2n) is 26.4. The third-order valence-electron chi connectivity index (χ3n) is 17.2. The second-order valence-corrected chi connectivity index (χ2v) is 26.4. The normalized spacial score (nSPS) is 20.9. The molecule has 0 aliphatic carbocycles. The first kappa shape index (κ1) is 62.3. The Hall–Kier alpha value is -7.72. The number of aliphatic carboxylic acids is 1. The lowest BCUT2D eigenvalue weighted by atomic mass is 9.91. The predicted molar refractivity (Wildman–Crippen MR) is 348 cm³/mol. The number of hydrogen-bond acceptors (Lipinski definition) is 9. The van der Waals surface area contributed by atoms with Crippen molar-refractivity contribution in [1.29, 1.82) is 0 Å². The molecule has 2 aromatic heterocycles. The van der Waals surface area contributed by atoms with Crippen LogP contribution < -0.4 is 5.32 Å². The number of carboxylic acids is 1. The molecule has 15 nitrogen and oxygen atoms in total. The summed E-state index contributed by atoms with van der Waals surface area (Å²) in [6.45, 7) is 28.7. The minimum atomic E-state index is -1.04. The highest BCUT2D eigenvalue weighted by molar-refractivity contribution is 6.09. The number of fused-ring (bicyclic) bond motifs is 8. The van der Waals surface area contributed by atoms with E-state index in [0.717, 1.165) is 68.9 Å². The van der Waals surface area contributed by atoms with E-state index in [4.69, 9.17) is 9.47 Å². The molecule has 4 aliphatic rings. The van der Waals surface area contributed by atoms with Gasteiger partial charge in [-0.05, 0) is 148 Å². The molecule has 6 atom stereocenters. The maximum Gasteiger partial charge on any atom is 0.411 e. The van der Waals surface area contributed by atoms with Gasteiger partial charge in [0.05, 0.1) is 0 Å². The van der Waals surface area contributed by atoms with E-state index in [1.807, 2.05) is 56.0 Å². The number of rotatable bonds is 10. The summed E-state index contributed by atoms with van der Waals surface area (Å²) in [4.78, 5) is 61.5. The number of aryl methyl sites for hydroxylation is 2. The first-order valence-corrected chi connectivity index (χ1v) is 31.5. The van der Waals surface area contributed by atoms with Crippen LogP contribution >= 0.6 is 0 Å². The van der Waals surface area contributed by atoms with E-state index in [2.05, 4.69) is 155 Å². The van der Waals surface area contributed by atoms with E-state index >= 15 is 0 Å². The van der Waals surface area contributed by atoms with E-state index in [-0.39, 0.29) is 18.0 Å². The molecular weight excluding hydrogens is 1090 g/mol. The number of nitrogens with zero attached hydrogens (tertiary/aromatic N) is 7. The topological polar surface area (TPSA) is 145 Å². The zero-order valence-electron chi connectivity index (χ0n) is 52.7. The van der Waals surface area contributed by atoms with Crippen molar-refractivity contribution in [2.75, 3.05) is 52.4 Å². The van der Waals surface area contributed by atoms with E-state index < -0.39 is 41.4 Å². The Morgan fingerprint density at radius 1 is 0.471 bits per heavy atom. The van der Waals surface area contributed by atoms with Crippen LogP contribution in [-0.2, 0) is 45.0 Å². The van der Waals surface area contributed by atoms with Crippen LogP contribution in [0.25, 0.3) is 43.6 Å². The highest BCUT2D eigenvalue weighted by Crippen LogP contribution is 2.36. The van der Waals surface area contributed by atoms with Gasteiger partial charge < -0.3 is 38.8 Å². The number of aromatic nitrogens is 2. The summed E-state index contributed by atoms with van der Waals surface area (Å²) in [6, 6.07) is 49.8. The summed E-state index contributed by atoms with van der Waals surface area (Å²) in [5, 5.41) is 18.4. The Morgan fingerprint density at radius 3 is 1.21 bits per heavy atom. The van der Waals surface area contributed by atoms with Gasteiger partial charge in [-0.3, -0.25) is 19.5 Å². The third kappa shape index (κ3) is 14.3. The number of hydrogen-bond donors (Lipinski definition) is 2. The molecule has 15 heteroatoms. The van der Waals surface area contributed by atoms with Crippen LogP contribution in [0, 0.1) is 0 Å². The molecule has 2 saturated heterocycles. The zero-order chi connectivity index (χ0) is 61.7. The van der Waals surface area contributed by atoms with Crippen LogP contribution in [0.2, 0.25) is 0 Å². The lowest BCUT2D eigenvalue weighted by molar-refractivity contribution is -0.146. The molecule has 87 heavy (non-hydrogen) atoms. The Balaban J connectivity index is 0.000000160. The van der Waals surface area contributed by atoms with Crippen molar-refractivity contribution < 1.29 is 33.8 Å². The smallest absolute Gasteiger partial charge is 0.411 e. The summed E-state index contributed by atoms with van der Waals surface area (Å²) >= 11 is 0. The molecule has 8 aromatic rings. The summed E-state index contributed by atoms with van der Waals surface area (Å²) in [5.41, 5.74) is 7.69. The molecular formula is C72H90N8O7. The Morgan fingerprint density at radius 2 is 0.816 bits per heavy atom. The van der Waals surface area contributed by atoms with Gasteiger partial charge in [-0.2, -0.15) is 0 Å². The van der Waals surface area contributed by atoms with Crippen LogP contribution in [0.15, 0.2) is 146 Å². The fourth-order valence-electron chi connectivity index (χ4n) is 13.9. The highest BCUT2D eigenvalue weighted by Gasteiger charge is 2.44. The average molecular weight is 1180 g/mol. The molecule has 0 bridgehead atoms. The van der Waals surface area contributed by atoms with Crippen LogP contribution in [0.4, 0.5) is 9.59 Å². The molecule has 6 heterocycles. The van der Waals surface area contributed by atoms with Gasteiger partial charge >= 0.3 is 18.2 Å². The fourth-order valence-corrected chi connectivity index (χ4v) is 13.9. The number of nitrogens with one attached hydrogen (secondary N) is 1. The van der Waals surface area contributed by atoms with Gasteiger partial charge in [-0.15, -0.1) is 0 Å². The number of benzene rings is 6. The Labute approximate surface area is 513 Å². The average Bonchev–Trinajstić information content (AvgIpc) is 2.02. The van der Waals surface area contributed by atoms with Gasteiger partial charge in [0.1, 0.15) is 17.2 Å². The van der Waals surface area contributed by atoms with E-state index in [0.29, 0.717) is 43.6 Å². The van der Waals surface area contributed by atoms with Crippen molar-refractivity contribution in [2.24, 2.45) is 0 Å². The SMILES string of the molecule is CC(C)(C)OC(=O)N1CCc2ccccc2C1C(=O)O.C[C@@H]1CN(CCCn2c3ccccc3c3ccccc32)C[C@H](C)N1.C[C@@H]1CN(CCCn2c3ccccc3c3ccccc32)C[C@H](C)N1C(=O)C1c2ccccc2CCN1C(=O)OC(C)(C)C. The molecule has 2 fully saturated rings. The molecule has 460 valence electrons. The monoisotopic (exact) mass is 1180 g/mol. The van der Waals surface area contributed by atoms with Gasteiger partial charge in [0.15, 0.2) is 6.04 Å². The predicted octanol–water partition coefficient (Wildman–Crippen LogP) is 13.1. The summed E-state index contributed by atoms with van der Waals surface area (Å²) in [6.07, 6.45) is 2.56. The van der Waals surface area contributed by atoms with Gasteiger partial charge in [0, 0.05) is 127 Å². The zero-order valence-corrected chi connectivity index (χ0v) is 52.7. The number of carbonyl (C=O) groups is 4. The molecule has 2 N–H and O–H groups in total. The van der Waals surface area contributed by atoms with Gasteiger partial charge in [0.25, 0.3) is 5.91 Å². The molecule has 0 radical (unpaired) electrons. The minimum absolute atomic E-state index is 0.0112. The van der Waals surface area contributed by atoms with Crippen molar-refractivity contribution in [2.45, 2.75) is 155 Å². The van der Waals surface area contributed by atoms with E-state index in [9.17, 15) is 24.3 Å². The summed E-state index contributed by atoms with van der Waals surface area (Å²) < 4.78 is 16.0. The van der Waals surface area contributed by atoms with Crippen LogP contribution in [0.1, 0.15) is 116 Å². The first-order valence-electron chi connectivity index (χ1n) is 31.5. The summed E-state index contributed by atoms with van der Waals surface area (Å²) in [5.74, 6) is -1.05. The lowest BCUT2D eigenvalue weighted by Crippen LogP contribution is -2.61. The molecule has 3 amide bonds. The number of carbonyl (C=O) groups excluding carboxylic acids is 3. The molecule has 2 unspecified atom stereocenters. The summed E-state index contributed by atoms with van der Waals surface area (Å²) in [7, 11) is 0. The molecule has 4 aliphatic heterocycles. The molecule has 6 aromatic carbocycles. The quantitative estimate of drug-likeness (QED) is 0.136. The van der Waals surface area contributed by atoms with Crippen molar-refractivity contribution >= 4 is 67.7 Å². The Kier molecular flexibility index (Phi) is 19.1. The largest absolute Gasteiger partial charge is 0.479 e. The standard InChI is InChI=1S/C36H44N4O3.C21H27N3.C15H19NO4/c1-25-23-37(20-12-21-38-31-17-10-8-15-29(31)30-16-9-11-18-32(30)38)24-26(2)40(25)34(41)33-28-14-7-6-13-27(28)19-22-39(33)35(42)43-36(3,4)5;1-16-14-23(15-17(2)22-16)12-7-13-24-20-10-5-3-8-18(20)19-9-4-6-11-21(19)24;1-15(2,3)20-14(19)16-9-8-10-6-4-5-7-11(10)12(16)13(17)18/h6-11,13-18,25-26,33H,12,19-24H2,1-5H3;3-6,8-11,16-17,22H,7,12-15H2,1-2H3;4-7,12H,8-9H2,1-3H3,(H,17,18)/t25-,26+,33?;16-,17+;. The number of piperazine rings is 2. The van der Waals surface area contributed by atoms with Crippen LogP contribution in [0.5, 0.6) is 0 Å². The first-order chi connectivity index (χ1) is 41.6. The lowest BCUT2D eigenvalue weighted by Gasteiger charge is -2.47. The van der Waals surface area contributed by atoms with Gasteiger partial charge in [-0.25, -0.2) is 14.4 Å².